The van der Waals surface area contributed by atoms with Crippen LogP contribution in [0.15, 0.2) is 29.4 Å². The van der Waals surface area contributed by atoms with E-state index in [4.69, 9.17) is 11.0 Å². The van der Waals surface area contributed by atoms with Crippen molar-refractivity contribution in [3.63, 3.8) is 0 Å². The first kappa shape index (κ1) is 14.1. The number of primary amides is 1. The number of benzene rings is 1. The number of aromatic nitrogens is 3. The molecule has 1 aromatic heterocycles. The van der Waals surface area contributed by atoms with E-state index in [1.807, 2.05) is 12.1 Å². The Balaban J connectivity index is 2.07. The average molecular weight is 287 g/mol. The number of nitrogens with two attached hydrogens (primary N) is 1. The van der Waals surface area contributed by atoms with Crippen molar-refractivity contribution in [2.45, 2.75) is 24.4 Å². The summed E-state index contributed by atoms with van der Waals surface area (Å²) in [4.78, 5) is 11.0. The molecule has 0 fully saturated rings. The van der Waals surface area contributed by atoms with Crippen LogP contribution in [0, 0.1) is 18.3 Å². The number of thioether (sulfide) groups is 1. The molecule has 0 saturated carbocycles. The Labute approximate surface area is 120 Å². The summed E-state index contributed by atoms with van der Waals surface area (Å²) in [7, 11) is 0. The molecule has 0 aliphatic carbocycles. The third kappa shape index (κ3) is 3.36. The Morgan fingerprint density at radius 3 is 2.70 bits per heavy atom. The third-order valence-electron chi connectivity index (χ3n) is 2.67. The second-order valence-electron chi connectivity index (χ2n) is 4.18. The van der Waals surface area contributed by atoms with Crippen LogP contribution in [0.25, 0.3) is 0 Å². The molecule has 0 radical (unpaired) electrons. The van der Waals surface area contributed by atoms with Crippen LogP contribution in [0.3, 0.4) is 0 Å². The lowest BCUT2D eigenvalue weighted by Crippen LogP contribution is -2.20. The van der Waals surface area contributed by atoms with Gasteiger partial charge in [-0.05, 0) is 24.6 Å². The van der Waals surface area contributed by atoms with Gasteiger partial charge in [0.2, 0.25) is 5.91 Å². The highest BCUT2D eigenvalue weighted by Crippen LogP contribution is 2.21. The van der Waals surface area contributed by atoms with E-state index in [9.17, 15) is 4.79 Å². The highest BCUT2D eigenvalue weighted by Gasteiger charge is 2.11. The minimum absolute atomic E-state index is 0.0779. The molecule has 0 atom stereocenters. The second-order valence-corrected chi connectivity index (χ2v) is 5.12. The molecule has 0 aliphatic rings. The van der Waals surface area contributed by atoms with Crippen molar-refractivity contribution >= 4 is 17.7 Å². The molecular weight excluding hydrogens is 274 g/mol. The normalized spacial score (nSPS) is 10.2. The standard InChI is InChI=1S/C13H13N5OS/c1-9-16-17-13(18(9)7-12(15)19)20-8-11-4-2-10(6-14)3-5-11/h2-5H,7-8H2,1H3,(H2,15,19). The van der Waals surface area contributed by atoms with Crippen molar-refractivity contribution in [3.05, 3.63) is 41.2 Å². The van der Waals surface area contributed by atoms with Gasteiger partial charge in [0, 0.05) is 5.75 Å². The quantitative estimate of drug-likeness (QED) is 0.834. The number of carbonyl (C=O) groups excluding carboxylic acids is 1. The van der Waals surface area contributed by atoms with Crippen LogP contribution >= 0.6 is 11.8 Å². The fourth-order valence-corrected chi connectivity index (χ4v) is 2.57. The summed E-state index contributed by atoms with van der Waals surface area (Å²) >= 11 is 1.48. The molecule has 0 aliphatic heterocycles. The molecule has 0 saturated heterocycles. The van der Waals surface area contributed by atoms with E-state index in [-0.39, 0.29) is 6.54 Å². The van der Waals surface area contributed by atoms with Gasteiger partial charge in [-0.2, -0.15) is 5.26 Å². The summed E-state index contributed by atoms with van der Waals surface area (Å²) < 4.78 is 1.69. The van der Waals surface area contributed by atoms with Gasteiger partial charge in [-0.1, -0.05) is 23.9 Å². The molecule has 2 N–H and O–H groups in total. The lowest BCUT2D eigenvalue weighted by atomic mass is 10.2. The maximum absolute atomic E-state index is 11.0. The Morgan fingerprint density at radius 2 is 2.10 bits per heavy atom. The summed E-state index contributed by atoms with van der Waals surface area (Å²) in [6, 6.07) is 9.42. The van der Waals surface area contributed by atoms with E-state index in [1.165, 1.54) is 11.8 Å². The van der Waals surface area contributed by atoms with E-state index in [0.29, 0.717) is 22.3 Å². The largest absolute Gasteiger partial charge is 0.368 e. The molecule has 0 unspecified atom stereocenters. The first-order chi connectivity index (χ1) is 9.60. The van der Waals surface area contributed by atoms with Gasteiger partial charge >= 0.3 is 0 Å². The van der Waals surface area contributed by atoms with E-state index in [2.05, 4.69) is 16.3 Å². The SMILES string of the molecule is Cc1nnc(SCc2ccc(C#N)cc2)n1CC(N)=O. The predicted molar refractivity (Wildman–Crippen MR) is 74.7 cm³/mol. The fraction of sp³-hybridized carbons (Fsp3) is 0.231. The summed E-state index contributed by atoms with van der Waals surface area (Å²) in [5.41, 5.74) is 6.91. The average Bonchev–Trinajstić information content (AvgIpc) is 2.78. The van der Waals surface area contributed by atoms with E-state index >= 15 is 0 Å². The number of nitrogens with zero attached hydrogens (tertiary/aromatic N) is 4. The molecule has 1 aromatic carbocycles. The number of hydrogen-bond donors (Lipinski definition) is 1. The number of amides is 1. The molecular formula is C13H13N5OS. The number of rotatable bonds is 5. The lowest BCUT2D eigenvalue weighted by molar-refractivity contribution is -0.118. The molecule has 2 rings (SSSR count). The Hall–Kier alpha value is -2.33. The first-order valence-corrected chi connectivity index (χ1v) is 6.88. The number of aryl methyl sites for hydroxylation is 1. The van der Waals surface area contributed by atoms with Crippen molar-refractivity contribution in [1.82, 2.24) is 14.8 Å². The molecule has 102 valence electrons. The molecule has 0 spiro atoms. The minimum atomic E-state index is -0.423. The number of carbonyl (C=O) groups is 1. The lowest BCUT2D eigenvalue weighted by Gasteiger charge is -2.05. The summed E-state index contributed by atoms with van der Waals surface area (Å²) in [6.45, 7) is 1.86. The van der Waals surface area contributed by atoms with Crippen molar-refractivity contribution in [3.8, 4) is 6.07 Å². The second kappa shape index (κ2) is 6.21. The maximum atomic E-state index is 11.0. The zero-order valence-corrected chi connectivity index (χ0v) is 11.7. The number of nitriles is 1. The molecule has 7 heteroatoms. The van der Waals surface area contributed by atoms with Crippen LogP contribution in [0.4, 0.5) is 0 Å². The van der Waals surface area contributed by atoms with Gasteiger partial charge in [-0.15, -0.1) is 10.2 Å². The van der Waals surface area contributed by atoms with Gasteiger partial charge in [-0.3, -0.25) is 9.36 Å². The Morgan fingerprint density at radius 1 is 1.40 bits per heavy atom. The molecule has 2 aromatic rings. The fourth-order valence-electron chi connectivity index (χ4n) is 1.63. The first-order valence-electron chi connectivity index (χ1n) is 5.90. The highest BCUT2D eigenvalue weighted by molar-refractivity contribution is 7.98. The zero-order valence-electron chi connectivity index (χ0n) is 10.9. The van der Waals surface area contributed by atoms with Gasteiger partial charge in [0.25, 0.3) is 0 Å². The van der Waals surface area contributed by atoms with E-state index in [1.54, 1.807) is 23.6 Å². The Bertz CT molecular complexity index is 656. The monoisotopic (exact) mass is 287 g/mol. The van der Waals surface area contributed by atoms with Gasteiger partial charge in [0.15, 0.2) is 5.16 Å². The van der Waals surface area contributed by atoms with Crippen molar-refractivity contribution < 1.29 is 4.79 Å². The van der Waals surface area contributed by atoms with Crippen LogP contribution in [0.5, 0.6) is 0 Å². The van der Waals surface area contributed by atoms with Crippen LogP contribution in [0.1, 0.15) is 17.0 Å². The minimum Gasteiger partial charge on any atom is -0.368 e. The molecule has 20 heavy (non-hydrogen) atoms. The van der Waals surface area contributed by atoms with Gasteiger partial charge in [0.1, 0.15) is 12.4 Å². The Kier molecular flexibility index (Phi) is 4.38. The van der Waals surface area contributed by atoms with E-state index in [0.717, 1.165) is 5.56 Å². The summed E-state index contributed by atoms with van der Waals surface area (Å²) in [6.07, 6.45) is 0. The van der Waals surface area contributed by atoms with Gasteiger partial charge < -0.3 is 5.73 Å². The molecule has 1 heterocycles. The van der Waals surface area contributed by atoms with Crippen LogP contribution in [-0.4, -0.2) is 20.7 Å². The van der Waals surface area contributed by atoms with Crippen LogP contribution < -0.4 is 5.73 Å². The van der Waals surface area contributed by atoms with Crippen molar-refractivity contribution in [1.29, 1.82) is 5.26 Å². The predicted octanol–water partition coefficient (Wildman–Crippen LogP) is 1.24. The van der Waals surface area contributed by atoms with Gasteiger partial charge in [-0.25, -0.2) is 0 Å². The summed E-state index contributed by atoms with van der Waals surface area (Å²) in [5, 5.41) is 17.4. The molecule has 0 bridgehead atoms. The van der Waals surface area contributed by atoms with E-state index < -0.39 is 5.91 Å². The smallest absolute Gasteiger partial charge is 0.237 e. The zero-order chi connectivity index (χ0) is 14.5. The highest BCUT2D eigenvalue weighted by atomic mass is 32.2. The van der Waals surface area contributed by atoms with Gasteiger partial charge in [0.05, 0.1) is 11.6 Å². The summed E-state index contributed by atoms with van der Waals surface area (Å²) in [5.74, 6) is 0.919. The maximum Gasteiger partial charge on any atom is 0.237 e. The molecule has 6 nitrogen and oxygen atoms in total. The van der Waals surface area contributed by atoms with Crippen LogP contribution in [0.2, 0.25) is 0 Å². The number of hydrogen-bond acceptors (Lipinski definition) is 5. The molecule has 1 amide bonds. The topological polar surface area (TPSA) is 97.6 Å². The van der Waals surface area contributed by atoms with Crippen molar-refractivity contribution in [2.24, 2.45) is 5.73 Å². The van der Waals surface area contributed by atoms with Crippen LogP contribution in [-0.2, 0) is 17.1 Å². The third-order valence-corrected chi connectivity index (χ3v) is 3.70. The van der Waals surface area contributed by atoms with Crippen molar-refractivity contribution in [2.75, 3.05) is 0 Å².